The normalized spacial score (nSPS) is 27.6. The van der Waals surface area contributed by atoms with Crippen molar-refractivity contribution >= 4 is 11.9 Å². The topological polar surface area (TPSA) is 61.8 Å². The van der Waals surface area contributed by atoms with E-state index in [0.29, 0.717) is 13.2 Å². The Morgan fingerprint density at radius 2 is 1.65 bits per heavy atom. The third-order valence-corrected chi connectivity index (χ3v) is 4.80. The quantitative estimate of drug-likeness (QED) is 0.506. The Morgan fingerprint density at radius 3 is 2.26 bits per heavy atom. The highest BCUT2D eigenvalue weighted by Crippen LogP contribution is 2.32. The molecule has 1 heterocycles. The zero-order valence-electron chi connectivity index (χ0n) is 14.3. The maximum atomic E-state index is 12.4. The molecular formula is C18H30O5. The van der Waals surface area contributed by atoms with Crippen LogP contribution in [0.15, 0.2) is 0 Å². The number of unbranched alkanes of at least 4 members (excludes halogenated alkanes) is 2. The number of hydrogen-bond donors (Lipinski definition) is 0. The lowest BCUT2D eigenvalue weighted by molar-refractivity contribution is -0.164. The van der Waals surface area contributed by atoms with Gasteiger partial charge in [-0.05, 0) is 32.1 Å². The molecule has 5 heteroatoms. The molecule has 3 unspecified atom stereocenters. The maximum absolute atomic E-state index is 12.4. The van der Waals surface area contributed by atoms with Gasteiger partial charge in [0, 0.05) is 6.61 Å². The highest BCUT2D eigenvalue weighted by Gasteiger charge is 2.38. The average Bonchev–Trinajstić information content (AvgIpc) is 3.10. The summed E-state index contributed by atoms with van der Waals surface area (Å²) >= 11 is 0. The fraction of sp³-hybridized carbons (Fsp3) is 0.889. The SMILES string of the molecule is CCCCCOC(=O)C1CCCCC1C(=O)OCC1CCCO1. The van der Waals surface area contributed by atoms with Gasteiger partial charge in [-0.2, -0.15) is 0 Å². The zero-order valence-corrected chi connectivity index (χ0v) is 14.3. The van der Waals surface area contributed by atoms with Crippen LogP contribution in [0.4, 0.5) is 0 Å². The Morgan fingerprint density at radius 1 is 0.957 bits per heavy atom. The van der Waals surface area contributed by atoms with E-state index in [-0.39, 0.29) is 29.9 Å². The van der Waals surface area contributed by atoms with E-state index in [1.165, 1.54) is 0 Å². The van der Waals surface area contributed by atoms with Gasteiger partial charge in [0.25, 0.3) is 0 Å². The number of esters is 2. The predicted octanol–water partition coefficient (Wildman–Crippen LogP) is 3.25. The minimum absolute atomic E-state index is 0.0296. The minimum Gasteiger partial charge on any atom is -0.465 e. The van der Waals surface area contributed by atoms with Gasteiger partial charge in [0.2, 0.25) is 0 Å². The van der Waals surface area contributed by atoms with E-state index >= 15 is 0 Å². The van der Waals surface area contributed by atoms with Gasteiger partial charge in [-0.1, -0.05) is 32.6 Å². The van der Waals surface area contributed by atoms with Crippen LogP contribution < -0.4 is 0 Å². The molecule has 2 rings (SSSR count). The molecule has 0 aromatic heterocycles. The maximum Gasteiger partial charge on any atom is 0.309 e. The Kier molecular flexibility index (Phi) is 7.86. The van der Waals surface area contributed by atoms with Crippen molar-refractivity contribution in [3.63, 3.8) is 0 Å². The summed E-state index contributed by atoms with van der Waals surface area (Å²) in [5.74, 6) is -1.15. The summed E-state index contributed by atoms with van der Waals surface area (Å²) < 4.78 is 16.3. The van der Waals surface area contributed by atoms with Crippen molar-refractivity contribution in [3.8, 4) is 0 Å². The average molecular weight is 326 g/mol. The minimum atomic E-state index is -0.344. The van der Waals surface area contributed by atoms with Crippen molar-refractivity contribution in [1.82, 2.24) is 0 Å². The summed E-state index contributed by atoms with van der Waals surface area (Å²) in [6, 6.07) is 0. The van der Waals surface area contributed by atoms with Crippen molar-refractivity contribution in [3.05, 3.63) is 0 Å². The second kappa shape index (κ2) is 9.91. The van der Waals surface area contributed by atoms with E-state index in [9.17, 15) is 9.59 Å². The van der Waals surface area contributed by atoms with Crippen LogP contribution in [0.3, 0.4) is 0 Å². The molecule has 3 atom stereocenters. The molecule has 1 saturated heterocycles. The Balaban J connectivity index is 1.78. The van der Waals surface area contributed by atoms with Crippen LogP contribution in [0.25, 0.3) is 0 Å². The lowest BCUT2D eigenvalue weighted by Gasteiger charge is -2.28. The summed E-state index contributed by atoms with van der Waals surface area (Å²) in [6.07, 6.45) is 8.45. The molecule has 2 fully saturated rings. The molecule has 1 aliphatic carbocycles. The number of ether oxygens (including phenoxy) is 3. The molecule has 23 heavy (non-hydrogen) atoms. The Bertz CT molecular complexity index is 376. The fourth-order valence-corrected chi connectivity index (χ4v) is 3.38. The monoisotopic (exact) mass is 326 g/mol. The molecule has 0 bridgehead atoms. The molecular weight excluding hydrogens is 296 g/mol. The molecule has 0 radical (unpaired) electrons. The zero-order chi connectivity index (χ0) is 16.5. The lowest BCUT2D eigenvalue weighted by atomic mass is 9.79. The van der Waals surface area contributed by atoms with Crippen molar-refractivity contribution in [2.45, 2.75) is 70.8 Å². The van der Waals surface area contributed by atoms with E-state index in [4.69, 9.17) is 14.2 Å². The smallest absolute Gasteiger partial charge is 0.309 e. The first-order valence-electron chi connectivity index (χ1n) is 9.17. The van der Waals surface area contributed by atoms with Crippen LogP contribution >= 0.6 is 0 Å². The van der Waals surface area contributed by atoms with Crippen LogP contribution in [-0.2, 0) is 23.8 Å². The first-order chi connectivity index (χ1) is 11.2. The van der Waals surface area contributed by atoms with Crippen LogP contribution in [0.5, 0.6) is 0 Å². The largest absolute Gasteiger partial charge is 0.465 e. The summed E-state index contributed by atoms with van der Waals surface area (Å²) in [7, 11) is 0. The van der Waals surface area contributed by atoms with E-state index in [1.54, 1.807) is 0 Å². The number of hydrogen-bond acceptors (Lipinski definition) is 5. The standard InChI is InChI=1S/C18H30O5/c1-2-3-6-11-22-17(19)15-9-4-5-10-16(15)18(20)23-13-14-8-7-12-21-14/h14-16H,2-13H2,1H3. The second-order valence-corrected chi connectivity index (χ2v) is 6.64. The van der Waals surface area contributed by atoms with Gasteiger partial charge in [-0.15, -0.1) is 0 Å². The van der Waals surface area contributed by atoms with E-state index in [0.717, 1.165) is 64.4 Å². The summed E-state index contributed by atoms with van der Waals surface area (Å²) in [5, 5.41) is 0. The molecule has 0 amide bonds. The van der Waals surface area contributed by atoms with Gasteiger partial charge in [0.15, 0.2) is 0 Å². The number of carbonyl (C=O) groups excluding carboxylic acids is 2. The Labute approximate surface area is 139 Å². The van der Waals surface area contributed by atoms with Crippen LogP contribution in [0, 0.1) is 11.8 Å². The van der Waals surface area contributed by atoms with E-state index in [1.807, 2.05) is 0 Å². The third-order valence-electron chi connectivity index (χ3n) is 4.80. The van der Waals surface area contributed by atoms with Gasteiger partial charge in [-0.3, -0.25) is 9.59 Å². The molecule has 1 saturated carbocycles. The van der Waals surface area contributed by atoms with Crippen molar-refractivity contribution in [2.24, 2.45) is 11.8 Å². The summed E-state index contributed by atoms with van der Waals surface area (Å²) in [5.41, 5.74) is 0. The van der Waals surface area contributed by atoms with Gasteiger partial charge >= 0.3 is 11.9 Å². The fourth-order valence-electron chi connectivity index (χ4n) is 3.38. The van der Waals surface area contributed by atoms with Crippen molar-refractivity contribution in [1.29, 1.82) is 0 Å². The molecule has 2 aliphatic rings. The lowest BCUT2D eigenvalue weighted by Crippen LogP contribution is -2.36. The molecule has 0 aromatic rings. The van der Waals surface area contributed by atoms with Gasteiger partial charge < -0.3 is 14.2 Å². The predicted molar refractivity (Wildman–Crippen MR) is 85.9 cm³/mol. The van der Waals surface area contributed by atoms with Crippen molar-refractivity contribution < 1.29 is 23.8 Å². The number of rotatable bonds is 8. The van der Waals surface area contributed by atoms with Crippen LogP contribution in [0.1, 0.15) is 64.7 Å². The van der Waals surface area contributed by atoms with Crippen LogP contribution in [0.2, 0.25) is 0 Å². The summed E-state index contributed by atoms with van der Waals surface area (Å²) in [4.78, 5) is 24.6. The number of carbonyl (C=O) groups is 2. The molecule has 1 aliphatic heterocycles. The molecule has 0 aromatic carbocycles. The molecule has 0 N–H and O–H groups in total. The van der Waals surface area contributed by atoms with Crippen molar-refractivity contribution in [2.75, 3.05) is 19.8 Å². The first-order valence-corrected chi connectivity index (χ1v) is 9.17. The van der Waals surface area contributed by atoms with Gasteiger partial charge in [0.05, 0.1) is 24.5 Å². The first kappa shape index (κ1) is 18.2. The van der Waals surface area contributed by atoms with Crippen LogP contribution in [-0.4, -0.2) is 37.9 Å². The van der Waals surface area contributed by atoms with Gasteiger partial charge in [-0.25, -0.2) is 0 Å². The Hall–Kier alpha value is -1.10. The van der Waals surface area contributed by atoms with E-state index < -0.39 is 0 Å². The van der Waals surface area contributed by atoms with Gasteiger partial charge in [0.1, 0.15) is 6.61 Å². The highest BCUT2D eigenvalue weighted by atomic mass is 16.6. The second-order valence-electron chi connectivity index (χ2n) is 6.64. The molecule has 132 valence electrons. The molecule has 0 spiro atoms. The van der Waals surface area contributed by atoms with E-state index in [2.05, 4.69) is 6.92 Å². The highest BCUT2D eigenvalue weighted by molar-refractivity contribution is 5.82. The third kappa shape index (κ3) is 5.79. The summed E-state index contributed by atoms with van der Waals surface area (Å²) in [6.45, 7) is 3.63. The molecule has 5 nitrogen and oxygen atoms in total.